The number of aryl methyl sites for hydroxylation is 1. The molecule has 0 aliphatic heterocycles. The summed E-state index contributed by atoms with van der Waals surface area (Å²) in [6.07, 6.45) is 0.593. The number of aromatic hydroxyl groups is 1. The van der Waals surface area contributed by atoms with Crippen molar-refractivity contribution in [1.29, 1.82) is 0 Å². The first kappa shape index (κ1) is 9.99. The van der Waals surface area contributed by atoms with E-state index in [1.807, 2.05) is 7.05 Å². The first-order chi connectivity index (χ1) is 6.15. The van der Waals surface area contributed by atoms with Crippen molar-refractivity contribution >= 4 is 0 Å². The third kappa shape index (κ3) is 2.42. The van der Waals surface area contributed by atoms with Crippen molar-refractivity contribution in [3.8, 4) is 5.75 Å². The van der Waals surface area contributed by atoms with E-state index >= 15 is 0 Å². The molecule has 1 aromatic carbocycles. The van der Waals surface area contributed by atoms with Crippen LogP contribution in [0.1, 0.15) is 11.1 Å². The van der Waals surface area contributed by atoms with Crippen LogP contribution in [0.4, 0.5) is 4.39 Å². The third-order valence-corrected chi connectivity index (χ3v) is 2.01. The highest BCUT2D eigenvalue weighted by Gasteiger charge is 2.05. The van der Waals surface area contributed by atoms with E-state index in [1.165, 1.54) is 12.1 Å². The lowest BCUT2D eigenvalue weighted by Gasteiger charge is -2.05. The zero-order chi connectivity index (χ0) is 9.84. The molecule has 0 atom stereocenters. The largest absolute Gasteiger partial charge is 0.508 e. The summed E-state index contributed by atoms with van der Waals surface area (Å²) in [5.41, 5.74) is 1.13. The molecule has 1 aromatic rings. The van der Waals surface area contributed by atoms with E-state index in [9.17, 15) is 9.50 Å². The van der Waals surface area contributed by atoms with E-state index in [2.05, 4.69) is 5.32 Å². The van der Waals surface area contributed by atoms with Gasteiger partial charge in [0, 0.05) is 0 Å². The van der Waals surface area contributed by atoms with Gasteiger partial charge in [0.15, 0.2) is 0 Å². The molecule has 0 aromatic heterocycles. The molecule has 2 N–H and O–H groups in total. The molecule has 2 nitrogen and oxygen atoms in total. The SMILES string of the molecule is CNCCc1cc(O)c(C)cc1F. The van der Waals surface area contributed by atoms with Crippen LogP contribution in [0, 0.1) is 12.7 Å². The maximum atomic E-state index is 13.2. The molecule has 0 heterocycles. The normalized spacial score (nSPS) is 10.4. The second kappa shape index (κ2) is 4.23. The first-order valence-corrected chi connectivity index (χ1v) is 4.27. The van der Waals surface area contributed by atoms with Crippen LogP contribution in [0.3, 0.4) is 0 Å². The van der Waals surface area contributed by atoms with Gasteiger partial charge in [-0.05, 0) is 50.2 Å². The molecule has 0 saturated carbocycles. The lowest BCUT2D eigenvalue weighted by Crippen LogP contribution is -2.11. The monoisotopic (exact) mass is 183 g/mol. The van der Waals surface area contributed by atoms with Crippen LogP contribution in [-0.2, 0) is 6.42 Å². The number of phenolic OH excluding ortho intramolecular Hbond substituents is 1. The lowest BCUT2D eigenvalue weighted by atomic mass is 10.1. The highest BCUT2D eigenvalue weighted by atomic mass is 19.1. The molecule has 0 spiro atoms. The highest BCUT2D eigenvalue weighted by molar-refractivity contribution is 5.36. The molecule has 0 saturated heterocycles. The van der Waals surface area contributed by atoms with Gasteiger partial charge in [-0.3, -0.25) is 0 Å². The Labute approximate surface area is 77.4 Å². The predicted octanol–water partition coefficient (Wildman–Crippen LogP) is 1.60. The Morgan fingerprint density at radius 1 is 1.46 bits per heavy atom. The van der Waals surface area contributed by atoms with Crippen molar-refractivity contribution in [2.45, 2.75) is 13.3 Å². The molecule has 0 fully saturated rings. The summed E-state index contributed by atoms with van der Waals surface area (Å²) in [5, 5.41) is 12.3. The Morgan fingerprint density at radius 3 is 2.77 bits per heavy atom. The minimum atomic E-state index is -0.245. The molecule has 0 bridgehead atoms. The number of likely N-dealkylation sites (N-methyl/N-ethyl adjacent to an activating group) is 1. The molecule has 0 aliphatic rings. The van der Waals surface area contributed by atoms with Gasteiger partial charge in [0.05, 0.1) is 0 Å². The average Bonchev–Trinajstić information content (AvgIpc) is 2.09. The van der Waals surface area contributed by atoms with Gasteiger partial charge in [0.25, 0.3) is 0 Å². The van der Waals surface area contributed by atoms with Gasteiger partial charge in [0.2, 0.25) is 0 Å². The van der Waals surface area contributed by atoms with Gasteiger partial charge >= 0.3 is 0 Å². The van der Waals surface area contributed by atoms with E-state index in [-0.39, 0.29) is 11.6 Å². The summed E-state index contributed by atoms with van der Waals surface area (Å²) in [6.45, 7) is 2.39. The second-order valence-electron chi connectivity index (χ2n) is 3.08. The number of hydrogen-bond donors (Lipinski definition) is 2. The van der Waals surface area contributed by atoms with Gasteiger partial charge in [-0.25, -0.2) is 4.39 Å². The lowest BCUT2D eigenvalue weighted by molar-refractivity contribution is 0.466. The van der Waals surface area contributed by atoms with Crippen molar-refractivity contribution in [3.63, 3.8) is 0 Å². The summed E-state index contributed by atoms with van der Waals surface area (Å²) in [7, 11) is 1.81. The van der Waals surface area contributed by atoms with Crippen molar-refractivity contribution in [3.05, 3.63) is 29.1 Å². The molecule has 0 aliphatic carbocycles. The summed E-state index contributed by atoms with van der Waals surface area (Å²) in [6, 6.07) is 2.85. The Balaban J connectivity index is 2.88. The fourth-order valence-electron chi connectivity index (χ4n) is 1.16. The van der Waals surface area contributed by atoms with Crippen LogP contribution >= 0.6 is 0 Å². The predicted molar refractivity (Wildman–Crippen MR) is 50.4 cm³/mol. The second-order valence-corrected chi connectivity index (χ2v) is 3.08. The maximum Gasteiger partial charge on any atom is 0.126 e. The Hall–Kier alpha value is -1.09. The molecule has 1 rings (SSSR count). The van der Waals surface area contributed by atoms with Crippen LogP contribution in [0.15, 0.2) is 12.1 Å². The maximum absolute atomic E-state index is 13.2. The number of halogens is 1. The Bertz CT molecular complexity index is 299. The molecular formula is C10H14FNO. The molecule has 3 heteroatoms. The quantitative estimate of drug-likeness (QED) is 0.746. The van der Waals surface area contributed by atoms with E-state index in [0.717, 1.165) is 0 Å². The number of benzene rings is 1. The number of nitrogens with one attached hydrogen (secondary N) is 1. The van der Waals surface area contributed by atoms with E-state index in [1.54, 1.807) is 6.92 Å². The van der Waals surface area contributed by atoms with E-state index < -0.39 is 0 Å². The molecule has 0 radical (unpaired) electrons. The minimum absolute atomic E-state index is 0.160. The van der Waals surface area contributed by atoms with Crippen LogP contribution in [0.25, 0.3) is 0 Å². The Kier molecular flexibility index (Phi) is 3.25. The zero-order valence-electron chi connectivity index (χ0n) is 7.89. The summed E-state index contributed by atoms with van der Waals surface area (Å²) >= 11 is 0. The molecule has 72 valence electrons. The van der Waals surface area contributed by atoms with Gasteiger partial charge < -0.3 is 10.4 Å². The average molecular weight is 183 g/mol. The fraction of sp³-hybridized carbons (Fsp3) is 0.400. The van der Waals surface area contributed by atoms with E-state index in [0.29, 0.717) is 24.1 Å². The number of rotatable bonds is 3. The zero-order valence-corrected chi connectivity index (χ0v) is 7.89. The van der Waals surface area contributed by atoms with Crippen LogP contribution in [-0.4, -0.2) is 18.7 Å². The van der Waals surface area contributed by atoms with Gasteiger partial charge in [-0.1, -0.05) is 0 Å². The van der Waals surface area contributed by atoms with Gasteiger partial charge in [-0.15, -0.1) is 0 Å². The van der Waals surface area contributed by atoms with Crippen molar-refractivity contribution in [2.24, 2.45) is 0 Å². The fourth-order valence-corrected chi connectivity index (χ4v) is 1.16. The molecular weight excluding hydrogens is 169 g/mol. The highest BCUT2D eigenvalue weighted by Crippen LogP contribution is 2.20. The van der Waals surface area contributed by atoms with Gasteiger partial charge in [0.1, 0.15) is 11.6 Å². The van der Waals surface area contributed by atoms with Gasteiger partial charge in [-0.2, -0.15) is 0 Å². The summed E-state index contributed by atoms with van der Waals surface area (Å²) in [5.74, 6) is -0.0851. The third-order valence-electron chi connectivity index (χ3n) is 2.01. The van der Waals surface area contributed by atoms with Crippen molar-refractivity contribution in [1.82, 2.24) is 5.32 Å². The standard InChI is InChI=1S/C10H14FNO/c1-7-5-9(11)8(3-4-12-2)6-10(7)13/h5-6,12-13H,3-4H2,1-2H3. The Morgan fingerprint density at radius 2 is 2.15 bits per heavy atom. The number of phenols is 1. The summed E-state index contributed by atoms with van der Waals surface area (Å²) in [4.78, 5) is 0. The molecule has 0 amide bonds. The summed E-state index contributed by atoms with van der Waals surface area (Å²) < 4.78 is 13.2. The van der Waals surface area contributed by atoms with Crippen molar-refractivity contribution < 1.29 is 9.50 Å². The van der Waals surface area contributed by atoms with Crippen molar-refractivity contribution in [2.75, 3.05) is 13.6 Å². The molecule has 0 unspecified atom stereocenters. The molecule has 13 heavy (non-hydrogen) atoms. The minimum Gasteiger partial charge on any atom is -0.508 e. The topological polar surface area (TPSA) is 32.3 Å². The number of hydrogen-bond acceptors (Lipinski definition) is 2. The van der Waals surface area contributed by atoms with Crippen LogP contribution < -0.4 is 5.32 Å². The smallest absolute Gasteiger partial charge is 0.126 e. The first-order valence-electron chi connectivity index (χ1n) is 4.27. The van der Waals surface area contributed by atoms with Crippen LogP contribution in [0.2, 0.25) is 0 Å². The van der Waals surface area contributed by atoms with Crippen LogP contribution in [0.5, 0.6) is 5.75 Å². The van der Waals surface area contributed by atoms with E-state index in [4.69, 9.17) is 0 Å².